The molecule has 2 aromatic rings. The molecule has 0 bridgehead atoms. The van der Waals surface area contributed by atoms with Crippen molar-refractivity contribution in [2.45, 2.75) is 4.90 Å². The van der Waals surface area contributed by atoms with Crippen LogP contribution in [0.5, 0.6) is 0 Å². The van der Waals surface area contributed by atoms with Crippen molar-refractivity contribution in [1.82, 2.24) is 10.0 Å². The highest BCUT2D eigenvalue weighted by Crippen LogP contribution is 2.22. The van der Waals surface area contributed by atoms with Crippen molar-refractivity contribution in [2.75, 3.05) is 33.4 Å². The molecule has 0 unspecified atom stereocenters. The number of sulfonamides is 1. The number of rotatable bonds is 8. The number of hydrogen-bond acceptors (Lipinski definition) is 4. The van der Waals surface area contributed by atoms with E-state index in [4.69, 9.17) is 4.74 Å². The van der Waals surface area contributed by atoms with E-state index in [-0.39, 0.29) is 12.4 Å². The maximum atomic E-state index is 12.4. The van der Waals surface area contributed by atoms with Crippen LogP contribution in [0.2, 0.25) is 0 Å². The molecular formula is C15H21ClN2O3S. The lowest BCUT2D eigenvalue weighted by atomic mass is 10.1. The third-order valence-electron chi connectivity index (χ3n) is 3.12. The molecule has 2 aromatic carbocycles. The fourth-order valence-corrected chi connectivity index (χ4v) is 3.34. The summed E-state index contributed by atoms with van der Waals surface area (Å²) in [6.07, 6.45) is 0. The first-order valence-corrected chi connectivity index (χ1v) is 8.30. The van der Waals surface area contributed by atoms with Crippen LogP contribution in [0.25, 0.3) is 10.8 Å². The van der Waals surface area contributed by atoms with Gasteiger partial charge in [0, 0.05) is 32.1 Å². The average molecular weight is 345 g/mol. The van der Waals surface area contributed by atoms with Gasteiger partial charge in [-0.15, -0.1) is 12.4 Å². The summed E-state index contributed by atoms with van der Waals surface area (Å²) < 4.78 is 32.3. The van der Waals surface area contributed by atoms with E-state index in [9.17, 15) is 8.42 Å². The highest BCUT2D eigenvalue weighted by molar-refractivity contribution is 7.89. The van der Waals surface area contributed by atoms with E-state index in [1.807, 2.05) is 30.3 Å². The molecule has 0 fully saturated rings. The Hall–Kier alpha value is -1.18. The number of nitrogens with one attached hydrogen (secondary N) is 2. The van der Waals surface area contributed by atoms with Crippen LogP contribution in [0.1, 0.15) is 0 Å². The predicted octanol–water partition coefficient (Wildman–Crippen LogP) is 1.78. The van der Waals surface area contributed by atoms with Crippen molar-refractivity contribution >= 4 is 33.2 Å². The van der Waals surface area contributed by atoms with Gasteiger partial charge in [0.15, 0.2) is 0 Å². The lowest BCUT2D eigenvalue weighted by Crippen LogP contribution is -2.33. The van der Waals surface area contributed by atoms with Gasteiger partial charge in [-0.1, -0.05) is 36.4 Å². The Labute approximate surface area is 137 Å². The van der Waals surface area contributed by atoms with Crippen LogP contribution in [0.3, 0.4) is 0 Å². The number of halogens is 1. The molecule has 0 aliphatic carbocycles. The van der Waals surface area contributed by atoms with E-state index in [2.05, 4.69) is 10.0 Å². The van der Waals surface area contributed by atoms with Crippen molar-refractivity contribution < 1.29 is 13.2 Å². The van der Waals surface area contributed by atoms with E-state index in [1.54, 1.807) is 19.2 Å². The largest absolute Gasteiger partial charge is 0.383 e. The van der Waals surface area contributed by atoms with Gasteiger partial charge >= 0.3 is 0 Å². The van der Waals surface area contributed by atoms with Crippen LogP contribution < -0.4 is 10.0 Å². The fraction of sp³-hybridized carbons (Fsp3) is 0.333. The molecule has 0 saturated heterocycles. The maximum absolute atomic E-state index is 12.4. The fourth-order valence-electron chi connectivity index (χ4n) is 2.08. The number of hydrogen-bond donors (Lipinski definition) is 2. The molecule has 0 aliphatic heterocycles. The van der Waals surface area contributed by atoms with Crippen LogP contribution in [0.15, 0.2) is 47.4 Å². The van der Waals surface area contributed by atoms with Crippen molar-refractivity contribution in [1.29, 1.82) is 0 Å². The van der Waals surface area contributed by atoms with E-state index in [1.165, 1.54) is 0 Å². The van der Waals surface area contributed by atoms with Crippen LogP contribution >= 0.6 is 12.4 Å². The SMILES string of the molecule is COCCNCCNS(=O)(=O)c1cccc2ccccc12.Cl. The molecule has 22 heavy (non-hydrogen) atoms. The van der Waals surface area contributed by atoms with Gasteiger partial charge < -0.3 is 10.1 Å². The molecule has 0 spiro atoms. The summed E-state index contributed by atoms with van der Waals surface area (Å²) in [4.78, 5) is 0.317. The van der Waals surface area contributed by atoms with E-state index >= 15 is 0 Å². The third kappa shape index (κ3) is 4.93. The van der Waals surface area contributed by atoms with Gasteiger partial charge in [0.2, 0.25) is 10.0 Å². The molecule has 122 valence electrons. The standard InChI is InChI=1S/C15H20N2O3S.ClH/c1-20-12-11-16-9-10-17-21(18,19)15-8-4-6-13-5-2-3-7-14(13)15;/h2-8,16-17H,9-12H2,1H3;1H. The number of benzene rings is 2. The monoisotopic (exact) mass is 344 g/mol. The Bertz CT molecular complexity index is 687. The summed E-state index contributed by atoms with van der Waals surface area (Å²) in [5.74, 6) is 0. The molecular weight excluding hydrogens is 324 g/mol. The maximum Gasteiger partial charge on any atom is 0.241 e. The Kier molecular flexibility index (Phi) is 7.78. The summed E-state index contributed by atoms with van der Waals surface area (Å²) >= 11 is 0. The second-order valence-electron chi connectivity index (χ2n) is 4.62. The average Bonchev–Trinajstić information content (AvgIpc) is 2.50. The Morgan fingerprint density at radius 1 is 1.00 bits per heavy atom. The zero-order valence-corrected chi connectivity index (χ0v) is 14.0. The summed E-state index contributed by atoms with van der Waals surface area (Å²) in [6.45, 7) is 2.21. The molecule has 2 rings (SSSR count). The normalized spacial score (nSPS) is 11.3. The lowest BCUT2D eigenvalue weighted by molar-refractivity contribution is 0.199. The second kappa shape index (κ2) is 9.07. The van der Waals surface area contributed by atoms with Crippen LogP contribution in [-0.4, -0.2) is 41.8 Å². The molecule has 0 aromatic heterocycles. The molecule has 2 N–H and O–H groups in total. The van der Waals surface area contributed by atoms with Gasteiger partial charge in [-0.2, -0.15) is 0 Å². The first-order chi connectivity index (χ1) is 10.1. The van der Waals surface area contributed by atoms with Crippen molar-refractivity contribution in [2.24, 2.45) is 0 Å². The lowest BCUT2D eigenvalue weighted by Gasteiger charge is -2.10. The molecule has 0 radical (unpaired) electrons. The molecule has 0 atom stereocenters. The minimum Gasteiger partial charge on any atom is -0.383 e. The number of methoxy groups -OCH3 is 1. The smallest absolute Gasteiger partial charge is 0.241 e. The predicted molar refractivity (Wildman–Crippen MR) is 91.1 cm³/mol. The molecule has 0 saturated carbocycles. The minimum atomic E-state index is -3.50. The zero-order valence-electron chi connectivity index (χ0n) is 12.4. The molecule has 7 heteroatoms. The third-order valence-corrected chi connectivity index (χ3v) is 4.64. The van der Waals surface area contributed by atoms with Crippen molar-refractivity contribution in [3.8, 4) is 0 Å². The highest BCUT2D eigenvalue weighted by atomic mass is 35.5. The van der Waals surface area contributed by atoms with Crippen molar-refractivity contribution in [3.05, 3.63) is 42.5 Å². The Morgan fingerprint density at radius 3 is 2.50 bits per heavy atom. The summed E-state index contributed by atoms with van der Waals surface area (Å²) in [7, 11) is -1.87. The first-order valence-electron chi connectivity index (χ1n) is 6.82. The van der Waals surface area contributed by atoms with E-state index < -0.39 is 10.0 Å². The summed E-state index contributed by atoms with van der Waals surface area (Å²) in [5.41, 5.74) is 0. The number of fused-ring (bicyclic) bond motifs is 1. The first kappa shape index (κ1) is 18.9. The van der Waals surface area contributed by atoms with E-state index in [0.29, 0.717) is 31.1 Å². The molecule has 5 nitrogen and oxygen atoms in total. The van der Waals surface area contributed by atoms with Crippen LogP contribution in [0.4, 0.5) is 0 Å². The van der Waals surface area contributed by atoms with Gasteiger partial charge in [0.1, 0.15) is 0 Å². The zero-order chi connectivity index (χ0) is 15.1. The minimum absolute atomic E-state index is 0. The summed E-state index contributed by atoms with van der Waals surface area (Å²) in [5, 5.41) is 4.75. The van der Waals surface area contributed by atoms with Gasteiger partial charge in [-0.25, -0.2) is 13.1 Å². The summed E-state index contributed by atoms with van der Waals surface area (Å²) in [6, 6.07) is 12.7. The topological polar surface area (TPSA) is 67.4 Å². The van der Waals surface area contributed by atoms with Crippen molar-refractivity contribution in [3.63, 3.8) is 0 Å². The molecule has 0 heterocycles. The number of ether oxygens (including phenoxy) is 1. The second-order valence-corrected chi connectivity index (χ2v) is 6.35. The molecule has 0 amide bonds. The quantitative estimate of drug-likeness (QED) is 0.716. The van der Waals surface area contributed by atoms with E-state index in [0.717, 1.165) is 10.8 Å². The molecule has 0 aliphatic rings. The van der Waals surface area contributed by atoms with Crippen LogP contribution in [0, 0.1) is 0 Å². The highest BCUT2D eigenvalue weighted by Gasteiger charge is 2.15. The van der Waals surface area contributed by atoms with Gasteiger partial charge in [0.25, 0.3) is 0 Å². The van der Waals surface area contributed by atoms with Gasteiger partial charge in [-0.05, 0) is 11.5 Å². The van der Waals surface area contributed by atoms with Gasteiger partial charge in [0.05, 0.1) is 11.5 Å². The Morgan fingerprint density at radius 2 is 1.73 bits per heavy atom. The van der Waals surface area contributed by atoms with Crippen LogP contribution in [-0.2, 0) is 14.8 Å². The van der Waals surface area contributed by atoms with Gasteiger partial charge in [-0.3, -0.25) is 0 Å². The Balaban J connectivity index is 0.00000242.